The first kappa shape index (κ1) is 18.4. The van der Waals surface area contributed by atoms with Crippen molar-refractivity contribution in [2.45, 2.75) is 0 Å². The fourth-order valence-corrected chi connectivity index (χ4v) is 3.64. The van der Waals surface area contributed by atoms with Crippen LogP contribution >= 0.6 is 39.3 Å². The van der Waals surface area contributed by atoms with Gasteiger partial charge in [-0.05, 0) is 51.5 Å². The number of carbonyl (C=O) groups excluding carboxylic acids is 2. The Morgan fingerprint density at radius 2 is 2.21 bits per heavy atom. The number of thioether (sulfide) groups is 1. The summed E-state index contributed by atoms with van der Waals surface area (Å²) in [5, 5.41) is 8.37. The number of amides is 2. The van der Waals surface area contributed by atoms with Crippen molar-refractivity contribution in [1.82, 2.24) is 4.90 Å². The minimum absolute atomic E-state index is 0.0889. The maximum Gasteiger partial charge on any atom is 0.341 e. The fourth-order valence-electron chi connectivity index (χ4n) is 1.81. The van der Waals surface area contributed by atoms with Crippen LogP contribution in [0.1, 0.15) is 5.56 Å². The zero-order valence-electron chi connectivity index (χ0n) is 11.9. The van der Waals surface area contributed by atoms with Crippen LogP contribution in [-0.2, 0) is 9.59 Å². The normalized spacial score (nSPS) is 15.7. The Balaban J connectivity index is 2.28. The van der Waals surface area contributed by atoms with Crippen molar-refractivity contribution in [3.8, 4) is 18.1 Å². The summed E-state index contributed by atoms with van der Waals surface area (Å²) in [6.45, 7) is -0.628. The number of terminal acetylenes is 1. The van der Waals surface area contributed by atoms with Crippen LogP contribution in [0, 0.1) is 12.3 Å². The van der Waals surface area contributed by atoms with E-state index < -0.39 is 23.7 Å². The lowest BCUT2D eigenvalue weighted by Gasteiger charge is -2.09. The van der Waals surface area contributed by atoms with Gasteiger partial charge in [0.2, 0.25) is 0 Å². The zero-order chi connectivity index (χ0) is 17.9. The lowest BCUT2D eigenvalue weighted by atomic mass is 10.2. The Morgan fingerprint density at radius 1 is 1.50 bits per heavy atom. The number of ether oxygens (including phenoxy) is 1. The van der Waals surface area contributed by atoms with Gasteiger partial charge in [0.1, 0.15) is 0 Å². The molecule has 0 unspecified atom stereocenters. The molecule has 0 aliphatic carbocycles. The number of carboxylic acids is 1. The van der Waals surface area contributed by atoms with Crippen molar-refractivity contribution in [3.63, 3.8) is 0 Å². The Kier molecular flexibility index (Phi) is 5.94. The summed E-state index contributed by atoms with van der Waals surface area (Å²) in [4.78, 5) is 35.6. The molecule has 1 heterocycles. The van der Waals surface area contributed by atoms with E-state index in [4.69, 9.17) is 27.9 Å². The molecule has 1 fully saturated rings. The average molecular weight is 431 g/mol. The van der Waals surface area contributed by atoms with Gasteiger partial charge in [-0.3, -0.25) is 14.5 Å². The Bertz CT molecular complexity index is 779. The maximum absolute atomic E-state index is 12.1. The Hall–Kier alpha value is -1.95. The van der Waals surface area contributed by atoms with Crippen molar-refractivity contribution in [2.75, 3.05) is 13.2 Å². The van der Waals surface area contributed by atoms with Gasteiger partial charge in [0.25, 0.3) is 11.1 Å². The van der Waals surface area contributed by atoms with Gasteiger partial charge < -0.3 is 9.84 Å². The van der Waals surface area contributed by atoms with E-state index in [1.807, 2.05) is 0 Å². The molecule has 1 saturated heterocycles. The van der Waals surface area contributed by atoms with E-state index in [9.17, 15) is 14.4 Å². The summed E-state index contributed by atoms with van der Waals surface area (Å²) in [7, 11) is 0. The molecule has 1 aliphatic heterocycles. The number of halogens is 2. The minimum Gasteiger partial charge on any atom is -0.479 e. The number of benzene rings is 1. The monoisotopic (exact) mass is 429 g/mol. The molecule has 2 amide bonds. The highest BCUT2D eigenvalue weighted by Gasteiger charge is 2.34. The molecule has 124 valence electrons. The van der Waals surface area contributed by atoms with Crippen molar-refractivity contribution < 1.29 is 24.2 Å². The third-order valence-corrected chi connectivity index (χ3v) is 4.56. The van der Waals surface area contributed by atoms with E-state index in [0.717, 1.165) is 16.7 Å². The molecule has 6 nitrogen and oxygen atoms in total. The van der Waals surface area contributed by atoms with Crippen LogP contribution in [-0.4, -0.2) is 40.3 Å². The third-order valence-electron chi connectivity index (χ3n) is 2.78. The number of hydrogen-bond acceptors (Lipinski definition) is 5. The van der Waals surface area contributed by atoms with Gasteiger partial charge >= 0.3 is 5.97 Å². The molecule has 1 aliphatic rings. The average Bonchev–Trinajstić information content (AvgIpc) is 2.74. The number of nitrogens with zero attached hydrogens (tertiary/aromatic N) is 1. The summed E-state index contributed by atoms with van der Waals surface area (Å²) >= 11 is 10.1. The summed E-state index contributed by atoms with van der Waals surface area (Å²) in [6.07, 6.45) is 6.63. The lowest BCUT2D eigenvalue weighted by molar-refractivity contribution is -0.139. The van der Waals surface area contributed by atoms with Crippen molar-refractivity contribution in [2.24, 2.45) is 0 Å². The van der Waals surface area contributed by atoms with Crippen LogP contribution in [0.25, 0.3) is 6.08 Å². The third kappa shape index (κ3) is 4.12. The molecule has 1 N–H and O–H groups in total. The molecule has 1 aromatic carbocycles. The van der Waals surface area contributed by atoms with Crippen LogP contribution in [0.2, 0.25) is 5.02 Å². The Labute approximate surface area is 154 Å². The van der Waals surface area contributed by atoms with Gasteiger partial charge in [0.05, 0.1) is 20.9 Å². The second-order valence-corrected chi connectivity index (χ2v) is 6.72. The topological polar surface area (TPSA) is 83.9 Å². The zero-order valence-corrected chi connectivity index (χ0v) is 15.1. The van der Waals surface area contributed by atoms with Gasteiger partial charge in [-0.15, -0.1) is 6.42 Å². The summed E-state index contributed by atoms with van der Waals surface area (Å²) in [6, 6.07) is 3.09. The summed E-state index contributed by atoms with van der Waals surface area (Å²) in [5.41, 5.74) is 0.542. The van der Waals surface area contributed by atoms with E-state index in [1.165, 1.54) is 12.1 Å². The maximum atomic E-state index is 12.1. The SMILES string of the molecule is C#CCN1C(=O)SC(=Cc2cc(Cl)c(OCC(=O)O)c(Br)c2)C1=O. The standard InChI is InChI=1S/C15H9BrClNO5S/c1-2-3-18-14(21)11(24-15(18)22)6-8-4-9(16)13(10(17)5-8)23-7-12(19)20/h1,4-6H,3,7H2,(H,19,20). The van der Waals surface area contributed by atoms with E-state index in [0.29, 0.717) is 10.0 Å². The van der Waals surface area contributed by atoms with Crippen molar-refractivity contribution >= 4 is 62.5 Å². The molecule has 0 saturated carbocycles. The number of imide groups is 1. The highest BCUT2D eigenvalue weighted by atomic mass is 79.9. The Morgan fingerprint density at radius 3 is 2.79 bits per heavy atom. The van der Waals surface area contributed by atoms with Crippen molar-refractivity contribution in [3.05, 3.63) is 32.1 Å². The number of rotatable bonds is 5. The molecule has 0 atom stereocenters. The van der Waals surface area contributed by atoms with Gasteiger partial charge in [-0.2, -0.15) is 0 Å². The first-order valence-corrected chi connectivity index (χ1v) is 8.34. The second kappa shape index (κ2) is 7.75. The molecule has 0 bridgehead atoms. The second-order valence-electron chi connectivity index (χ2n) is 4.47. The van der Waals surface area contributed by atoms with Crippen LogP contribution in [0.3, 0.4) is 0 Å². The number of carbonyl (C=O) groups is 3. The van der Waals surface area contributed by atoms with E-state index >= 15 is 0 Å². The number of carboxylic acid groups (broad SMARTS) is 1. The number of aliphatic carboxylic acids is 1. The molecule has 2 rings (SSSR count). The van der Waals surface area contributed by atoms with E-state index in [1.54, 1.807) is 6.07 Å². The highest BCUT2D eigenvalue weighted by Crippen LogP contribution is 2.37. The smallest absolute Gasteiger partial charge is 0.341 e. The van der Waals surface area contributed by atoms with Crippen LogP contribution in [0.4, 0.5) is 4.79 Å². The quantitative estimate of drug-likeness (QED) is 0.570. The van der Waals surface area contributed by atoms with Gasteiger partial charge in [-0.1, -0.05) is 17.5 Å². The van der Waals surface area contributed by atoms with Gasteiger partial charge in [0, 0.05) is 0 Å². The van der Waals surface area contributed by atoms with Crippen LogP contribution in [0.5, 0.6) is 5.75 Å². The predicted octanol–water partition coefficient (Wildman–Crippen LogP) is 3.24. The molecule has 0 radical (unpaired) electrons. The van der Waals surface area contributed by atoms with Gasteiger partial charge in [0.15, 0.2) is 12.4 Å². The van der Waals surface area contributed by atoms with Gasteiger partial charge in [-0.25, -0.2) is 4.79 Å². The van der Waals surface area contributed by atoms with E-state index in [2.05, 4.69) is 21.9 Å². The first-order chi connectivity index (χ1) is 11.3. The van der Waals surface area contributed by atoms with Crippen LogP contribution in [0.15, 0.2) is 21.5 Å². The molecule has 0 spiro atoms. The highest BCUT2D eigenvalue weighted by molar-refractivity contribution is 9.10. The molecule has 9 heteroatoms. The number of hydrogen-bond donors (Lipinski definition) is 1. The largest absolute Gasteiger partial charge is 0.479 e. The minimum atomic E-state index is -1.13. The molecular weight excluding hydrogens is 422 g/mol. The molecule has 24 heavy (non-hydrogen) atoms. The molecular formula is C15H9BrClNO5S. The summed E-state index contributed by atoms with van der Waals surface area (Å²) < 4.78 is 5.51. The molecule has 0 aromatic heterocycles. The first-order valence-electron chi connectivity index (χ1n) is 6.36. The lowest BCUT2D eigenvalue weighted by Crippen LogP contribution is -2.28. The van der Waals surface area contributed by atoms with Crippen LogP contribution < -0.4 is 4.74 Å². The predicted molar refractivity (Wildman–Crippen MR) is 93.8 cm³/mol. The van der Waals surface area contributed by atoms with E-state index in [-0.39, 0.29) is 22.2 Å². The summed E-state index contributed by atoms with van der Waals surface area (Å²) in [5.74, 6) is 0.826. The molecule has 1 aromatic rings. The fraction of sp³-hybridized carbons (Fsp3) is 0.133. The van der Waals surface area contributed by atoms with Crippen molar-refractivity contribution in [1.29, 1.82) is 0 Å².